The Hall–Kier alpha value is -4.27. The zero-order chi connectivity index (χ0) is 22.9. The second kappa shape index (κ2) is 8.34. The van der Waals surface area contributed by atoms with E-state index in [0.29, 0.717) is 37.6 Å². The molecular formula is C24H22N6O3. The zero-order valence-corrected chi connectivity index (χ0v) is 18.0. The minimum atomic E-state index is -1.11. The smallest absolute Gasteiger partial charge is 0.356 e. The number of fused-ring (bicyclic) bond motifs is 1. The van der Waals surface area contributed by atoms with Gasteiger partial charge in [-0.1, -0.05) is 30.3 Å². The minimum absolute atomic E-state index is 0.0161. The lowest BCUT2D eigenvalue weighted by atomic mass is 10.0. The lowest BCUT2D eigenvalue weighted by Crippen LogP contribution is -2.49. The number of pyridine rings is 1. The van der Waals surface area contributed by atoms with Crippen LogP contribution in [0.1, 0.15) is 20.8 Å². The van der Waals surface area contributed by atoms with Gasteiger partial charge in [-0.2, -0.15) is 0 Å². The Morgan fingerprint density at radius 3 is 2.36 bits per heavy atom. The molecule has 4 heterocycles. The van der Waals surface area contributed by atoms with Crippen molar-refractivity contribution in [3.63, 3.8) is 0 Å². The quantitative estimate of drug-likeness (QED) is 0.518. The molecule has 0 spiro atoms. The van der Waals surface area contributed by atoms with Gasteiger partial charge in [0.05, 0.1) is 35.4 Å². The molecule has 9 heteroatoms. The van der Waals surface area contributed by atoms with E-state index in [-0.39, 0.29) is 11.6 Å². The third kappa shape index (κ3) is 3.67. The number of amides is 1. The van der Waals surface area contributed by atoms with Crippen molar-refractivity contribution in [1.82, 2.24) is 24.4 Å². The lowest BCUT2D eigenvalue weighted by molar-refractivity contribution is 0.0688. The van der Waals surface area contributed by atoms with Gasteiger partial charge in [-0.3, -0.25) is 9.78 Å². The number of aryl methyl sites for hydroxylation is 1. The number of hydrogen-bond acceptors (Lipinski definition) is 6. The van der Waals surface area contributed by atoms with Crippen LogP contribution in [0, 0.1) is 0 Å². The summed E-state index contributed by atoms with van der Waals surface area (Å²) in [7, 11) is 1.96. The number of rotatable bonds is 4. The molecule has 5 rings (SSSR count). The predicted molar refractivity (Wildman–Crippen MR) is 123 cm³/mol. The standard InChI is InChI=1S/C24H22N6O3/c1-28-19-14-25-8-7-17(19)21(22(28)16-5-3-2-4-6-16)23(31)30-11-9-29(10-12-30)20-15-26-18(13-27-20)24(32)33/h2-8,13-15H,9-12H2,1H3,(H,32,33). The van der Waals surface area contributed by atoms with E-state index in [1.54, 1.807) is 12.4 Å². The van der Waals surface area contributed by atoms with Gasteiger partial charge < -0.3 is 19.5 Å². The number of carboxylic acid groups (broad SMARTS) is 1. The van der Waals surface area contributed by atoms with E-state index >= 15 is 0 Å². The largest absolute Gasteiger partial charge is 0.476 e. The van der Waals surface area contributed by atoms with Gasteiger partial charge in [0.1, 0.15) is 5.82 Å². The number of carbonyl (C=O) groups excluding carboxylic acids is 1. The molecule has 1 saturated heterocycles. The highest BCUT2D eigenvalue weighted by Gasteiger charge is 2.29. The number of carboxylic acids is 1. The maximum absolute atomic E-state index is 13.8. The SMILES string of the molecule is Cn1c(-c2ccccc2)c(C(=O)N2CCN(c3cnc(C(=O)O)cn3)CC2)c2ccncc21. The van der Waals surface area contributed by atoms with E-state index in [1.165, 1.54) is 12.4 Å². The first-order chi connectivity index (χ1) is 16.0. The van der Waals surface area contributed by atoms with Crippen LogP contribution in [0.4, 0.5) is 5.82 Å². The van der Waals surface area contributed by atoms with Crippen LogP contribution in [0.25, 0.3) is 22.2 Å². The summed E-state index contributed by atoms with van der Waals surface area (Å²) in [4.78, 5) is 41.0. The molecule has 0 bridgehead atoms. The number of anilines is 1. The summed E-state index contributed by atoms with van der Waals surface area (Å²) in [5, 5.41) is 9.89. The van der Waals surface area contributed by atoms with Crippen molar-refractivity contribution in [2.75, 3.05) is 31.1 Å². The van der Waals surface area contributed by atoms with Crippen LogP contribution in [0.2, 0.25) is 0 Å². The molecule has 33 heavy (non-hydrogen) atoms. The van der Waals surface area contributed by atoms with Crippen LogP contribution in [0.3, 0.4) is 0 Å². The van der Waals surface area contributed by atoms with Crippen molar-refractivity contribution < 1.29 is 14.7 Å². The van der Waals surface area contributed by atoms with Gasteiger partial charge in [-0.25, -0.2) is 14.8 Å². The molecule has 0 saturated carbocycles. The van der Waals surface area contributed by atoms with Crippen LogP contribution in [0.15, 0.2) is 61.2 Å². The van der Waals surface area contributed by atoms with Crippen molar-refractivity contribution in [3.05, 3.63) is 72.4 Å². The van der Waals surface area contributed by atoms with E-state index in [0.717, 1.165) is 22.2 Å². The summed E-state index contributed by atoms with van der Waals surface area (Å²) in [6.07, 6.45) is 6.22. The van der Waals surface area contributed by atoms with Gasteiger partial charge in [-0.15, -0.1) is 0 Å². The summed E-state index contributed by atoms with van der Waals surface area (Å²) in [5.74, 6) is -0.519. The number of nitrogens with zero attached hydrogens (tertiary/aromatic N) is 6. The van der Waals surface area contributed by atoms with E-state index in [9.17, 15) is 9.59 Å². The van der Waals surface area contributed by atoms with E-state index in [4.69, 9.17) is 5.11 Å². The zero-order valence-electron chi connectivity index (χ0n) is 18.0. The number of aromatic nitrogens is 4. The molecule has 1 N–H and O–H groups in total. The molecule has 1 fully saturated rings. The molecule has 0 radical (unpaired) electrons. The number of carbonyl (C=O) groups is 2. The van der Waals surface area contributed by atoms with Gasteiger partial charge in [-0.05, 0) is 11.6 Å². The summed E-state index contributed by atoms with van der Waals surface area (Å²) in [6.45, 7) is 2.22. The Balaban J connectivity index is 1.43. The van der Waals surface area contributed by atoms with Gasteiger partial charge >= 0.3 is 5.97 Å². The van der Waals surface area contributed by atoms with Crippen molar-refractivity contribution in [1.29, 1.82) is 0 Å². The maximum atomic E-state index is 13.8. The first kappa shape index (κ1) is 20.6. The Labute approximate surface area is 189 Å². The summed E-state index contributed by atoms with van der Waals surface area (Å²) in [5.41, 5.74) is 3.35. The fraction of sp³-hybridized carbons (Fsp3) is 0.208. The van der Waals surface area contributed by atoms with E-state index in [1.807, 2.05) is 57.8 Å². The van der Waals surface area contributed by atoms with Crippen LogP contribution in [0.5, 0.6) is 0 Å². The number of piperazine rings is 1. The van der Waals surface area contributed by atoms with Crippen molar-refractivity contribution >= 4 is 28.6 Å². The fourth-order valence-corrected chi connectivity index (χ4v) is 4.32. The molecule has 166 valence electrons. The molecule has 1 aromatic carbocycles. The molecule has 0 atom stereocenters. The highest BCUT2D eigenvalue weighted by molar-refractivity contribution is 6.12. The first-order valence-corrected chi connectivity index (χ1v) is 10.6. The molecule has 4 aromatic rings. The normalized spacial score (nSPS) is 14.0. The third-order valence-electron chi connectivity index (χ3n) is 6.01. The number of hydrogen-bond donors (Lipinski definition) is 1. The third-order valence-corrected chi connectivity index (χ3v) is 6.01. The van der Waals surface area contributed by atoms with Gasteiger partial charge in [0.15, 0.2) is 5.69 Å². The molecule has 3 aromatic heterocycles. The summed E-state index contributed by atoms with van der Waals surface area (Å²) < 4.78 is 2.03. The first-order valence-electron chi connectivity index (χ1n) is 10.6. The molecule has 1 aliphatic heterocycles. The van der Waals surface area contributed by atoms with Crippen LogP contribution < -0.4 is 4.90 Å². The highest BCUT2D eigenvalue weighted by Crippen LogP contribution is 2.33. The number of aromatic carboxylic acids is 1. The minimum Gasteiger partial charge on any atom is -0.476 e. The molecule has 0 aliphatic carbocycles. The van der Waals surface area contributed by atoms with Crippen molar-refractivity contribution in [2.24, 2.45) is 7.05 Å². The fourth-order valence-electron chi connectivity index (χ4n) is 4.32. The Morgan fingerprint density at radius 2 is 1.70 bits per heavy atom. The van der Waals surface area contributed by atoms with Crippen LogP contribution in [-0.2, 0) is 7.05 Å². The van der Waals surface area contributed by atoms with Crippen molar-refractivity contribution in [3.8, 4) is 11.3 Å². The van der Waals surface area contributed by atoms with E-state index < -0.39 is 5.97 Å². The Morgan fingerprint density at radius 1 is 0.939 bits per heavy atom. The second-order valence-corrected chi connectivity index (χ2v) is 7.89. The Bertz CT molecular complexity index is 1330. The summed E-state index contributed by atoms with van der Waals surface area (Å²) >= 11 is 0. The summed E-state index contributed by atoms with van der Waals surface area (Å²) in [6, 6.07) is 11.8. The van der Waals surface area contributed by atoms with E-state index in [2.05, 4.69) is 15.0 Å². The predicted octanol–water partition coefficient (Wildman–Crippen LogP) is 2.69. The average Bonchev–Trinajstić information content (AvgIpc) is 3.16. The van der Waals surface area contributed by atoms with Gasteiger partial charge in [0.25, 0.3) is 5.91 Å². The molecule has 9 nitrogen and oxygen atoms in total. The van der Waals surface area contributed by atoms with Crippen LogP contribution in [-0.4, -0.2) is 67.6 Å². The van der Waals surface area contributed by atoms with Gasteiger partial charge in [0, 0.05) is 44.8 Å². The molecule has 0 unspecified atom stereocenters. The highest BCUT2D eigenvalue weighted by atomic mass is 16.4. The molecule has 1 amide bonds. The maximum Gasteiger partial charge on any atom is 0.356 e. The van der Waals surface area contributed by atoms with Crippen LogP contribution >= 0.6 is 0 Å². The van der Waals surface area contributed by atoms with Gasteiger partial charge in [0.2, 0.25) is 0 Å². The monoisotopic (exact) mass is 442 g/mol. The molecule has 1 aliphatic rings. The topological polar surface area (TPSA) is 104 Å². The average molecular weight is 442 g/mol. The Kier molecular flexibility index (Phi) is 5.21. The molecular weight excluding hydrogens is 420 g/mol. The second-order valence-electron chi connectivity index (χ2n) is 7.89. The number of benzene rings is 1. The lowest BCUT2D eigenvalue weighted by Gasteiger charge is -2.35. The van der Waals surface area contributed by atoms with Crippen molar-refractivity contribution in [2.45, 2.75) is 0 Å².